The molecule has 4 N–H and O–H groups in total. The maximum absolute atomic E-state index is 14.0. The van der Waals surface area contributed by atoms with Gasteiger partial charge in [0.2, 0.25) is 0 Å². The number of carbonyl (C=O) groups excluding carboxylic acids is 1. The molecule has 7 aromatic carbocycles. The van der Waals surface area contributed by atoms with E-state index in [2.05, 4.69) is 29.3 Å². The van der Waals surface area contributed by atoms with Gasteiger partial charge in [-0.2, -0.15) is 10.2 Å². The molecule has 0 saturated heterocycles. The molecular weight excluding hydrogens is 1240 g/mol. The molecule has 0 radical (unpaired) electrons. The second kappa shape index (κ2) is 27.9. The third-order valence-electron chi connectivity index (χ3n) is 16.9. The summed E-state index contributed by atoms with van der Waals surface area (Å²) in [6.45, 7) is 2.93. The number of esters is 1. The fourth-order valence-electron chi connectivity index (χ4n) is 12.8. The first-order valence-corrected chi connectivity index (χ1v) is 36.3. The Labute approximate surface area is 539 Å². The summed E-state index contributed by atoms with van der Waals surface area (Å²) in [6.07, 6.45) is 13.7. The molecule has 0 unspecified atom stereocenters. The molecule has 0 saturated carbocycles. The first-order valence-electron chi connectivity index (χ1n) is 29.9. The molecule has 454 valence electrons. The number of hydrogen-bond acceptors (Lipinski definition) is 15. The zero-order valence-electron chi connectivity index (χ0n) is 48.5. The Morgan fingerprint density at radius 1 is 0.382 bits per heavy atom. The van der Waals surface area contributed by atoms with Gasteiger partial charge in [-0.15, -0.1) is 0 Å². The minimum Gasteiger partial charge on any atom is -0.494 e. The van der Waals surface area contributed by atoms with Crippen molar-refractivity contribution in [2.45, 2.75) is 137 Å². The van der Waals surface area contributed by atoms with Crippen LogP contribution in [-0.2, 0) is 30.3 Å². The Kier molecular flexibility index (Phi) is 19.5. The number of aryl methyl sites for hydroxylation is 1. The normalized spacial score (nSPS) is 17.7. The summed E-state index contributed by atoms with van der Waals surface area (Å²) in [6, 6.07) is 44.3. The van der Waals surface area contributed by atoms with Gasteiger partial charge >= 0.3 is 29.8 Å². The first-order chi connectivity index (χ1) is 43.3. The topological polar surface area (TPSA) is 209 Å². The molecule has 0 fully saturated rings. The lowest BCUT2D eigenvalue weighted by molar-refractivity contribution is -0.136. The van der Waals surface area contributed by atoms with Gasteiger partial charge in [-0.3, -0.25) is 0 Å². The van der Waals surface area contributed by atoms with Gasteiger partial charge in [0.15, 0.2) is 0 Å². The van der Waals surface area contributed by atoms with E-state index in [1.165, 1.54) is 122 Å². The number of unbranched alkanes of at least 4 members (excludes halogenated alkanes) is 9. The Morgan fingerprint density at radius 2 is 0.742 bits per heavy atom. The minimum absolute atomic E-state index is 0.161. The number of carboxylic acid groups (broad SMARTS) is 4. The molecule has 19 heteroatoms. The molecule has 9 heterocycles. The minimum atomic E-state index is -1.30. The summed E-state index contributed by atoms with van der Waals surface area (Å²) in [5.74, 6) is -8.36. The Hall–Kier alpha value is -7.13. The average molecular weight is 1300 g/mol. The van der Waals surface area contributed by atoms with Crippen LogP contribution in [0.25, 0.3) is 0 Å². The quantitative estimate of drug-likeness (QED) is 0.0203. The highest BCUT2D eigenvalue weighted by Gasteiger charge is 2.50. The number of nitrogens with zero attached hydrogens (tertiary/aromatic N) is 2. The molecule has 0 aromatic heterocycles. The van der Waals surface area contributed by atoms with Crippen LogP contribution in [0, 0.1) is 0 Å². The number of carbonyl (C=O) groups is 5. The summed E-state index contributed by atoms with van der Waals surface area (Å²) >= 11 is 0. The molecule has 89 heavy (non-hydrogen) atoms. The van der Waals surface area contributed by atoms with Gasteiger partial charge in [-0.1, -0.05) is 153 Å². The number of rotatable bonds is 23. The lowest BCUT2D eigenvalue weighted by Gasteiger charge is -2.41. The average Bonchev–Trinajstić information content (AvgIpc) is 0.718. The highest BCUT2D eigenvalue weighted by Crippen LogP contribution is 2.60. The summed E-state index contributed by atoms with van der Waals surface area (Å²) in [5, 5.41) is 51.6. The summed E-state index contributed by atoms with van der Waals surface area (Å²) in [7, 11) is 8.56. The Balaban J connectivity index is 0.731. The van der Waals surface area contributed by atoms with Crippen LogP contribution in [0.1, 0.15) is 162 Å². The van der Waals surface area contributed by atoms with E-state index in [1.807, 2.05) is 115 Å². The van der Waals surface area contributed by atoms with Crippen molar-refractivity contribution >= 4 is 106 Å². The zero-order valence-corrected chi connectivity index (χ0v) is 53.4. The number of carboxylic acids is 4. The van der Waals surface area contributed by atoms with Gasteiger partial charge in [-0.05, 0) is 185 Å². The fraction of sp³-hybridized carbons (Fsp3) is 0.271. The third kappa shape index (κ3) is 13.5. The fourth-order valence-corrected chi connectivity index (χ4v) is 18.9. The molecule has 7 aromatic rings. The largest absolute Gasteiger partial charge is 0.494 e. The van der Waals surface area contributed by atoms with Crippen molar-refractivity contribution < 1.29 is 53.9 Å². The smallest absolute Gasteiger partial charge is 0.338 e. The highest BCUT2D eigenvalue weighted by molar-refractivity contribution is 8.77. The van der Waals surface area contributed by atoms with Gasteiger partial charge in [0.05, 0.1) is 52.4 Å². The molecule has 0 amide bonds. The van der Waals surface area contributed by atoms with E-state index in [0.717, 1.165) is 88.0 Å². The maximum Gasteiger partial charge on any atom is 0.338 e. The van der Waals surface area contributed by atoms with E-state index < -0.39 is 53.5 Å². The van der Waals surface area contributed by atoms with Crippen molar-refractivity contribution in [3.05, 3.63) is 217 Å². The molecule has 18 bridgehead atoms. The molecule has 15 aliphatic rings. The zero-order chi connectivity index (χ0) is 61.7. The van der Waals surface area contributed by atoms with Crippen LogP contribution in [0.15, 0.2) is 201 Å². The van der Waals surface area contributed by atoms with E-state index in [1.54, 1.807) is 12.1 Å². The van der Waals surface area contributed by atoms with E-state index in [4.69, 9.17) is 9.47 Å². The number of fused-ring (bicyclic) bond motifs is 1. The van der Waals surface area contributed by atoms with E-state index in [0.29, 0.717) is 40.8 Å². The Bertz CT molecular complexity index is 3850. The standard InChI is InChI=1S/C70H62N2O11S6/c1-2-3-4-5-6-7-8-10-13-39-14-16-41(17-15-39)71-72-42-18-20-43(21-19-42)82-30-11-9-12-31-83-70(81)40-32-48-34-49(33-40)89-87-47-25-29-53-57(38-47)61-51-27-23-45(36-55(51)59(53)63(67(75)76)65(61)69(79)80)85-84-44-22-26-50-54(35-44)58-52-28-24-46(86-88-48)37-56(52)60(50)64(68(77)78)62(58)66(73)74/h14-29,32-38,58-61H,2-13,30-31H2,1H3,(H,73,74)(H,75,76)(H,77,78)(H,79,80)/t58-,59-,60-,61-/m1/s1. The number of aliphatic carboxylic acids is 4. The van der Waals surface area contributed by atoms with Crippen LogP contribution < -0.4 is 4.74 Å². The monoisotopic (exact) mass is 1300 g/mol. The number of azo groups is 1. The number of ether oxygens (including phenoxy) is 2. The molecule has 22 rings (SSSR count). The van der Waals surface area contributed by atoms with Crippen molar-refractivity contribution in [2.24, 2.45) is 10.2 Å². The van der Waals surface area contributed by atoms with E-state index in [9.17, 15) is 44.4 Å². The molecule has 13 nitrogen and oxygen atoms in total. The summed E-state index contributed by atoms with van der Waals surface area (Å²) < 4.78 is 11.9. The number of benzene rings is 7. The molecule has 6 aliphatic carbocycles. The van der Waals surface area contributed by atoms with Crippen molar-refractivity contribution in [3.63, 3.8) is 0 Å². The second-order valence-electron chi connectivity index (χ2n) is 22.6. The molecule has 0 spiro atoms. The van der Waals surface area contributed by atoms with Gasteiger partial charge in [0.25, 0.3) is 0 Å². The maximum atomic E-state index is 14.0. The van der Waals surface area contributed by atoms with Crippen molar-refractivity contribution in [2.75, 3.05) is 13.2 Å². The predicted octanol–water partition coefficient (Wildman–Crippen LogP) is 19.0. The van der Waals surface area contributed by atoms with Gasteiger partial charge < -0.3 is 29.9 Å². The van der Waals surface area contributed by atoms with Crippen LogP contribution >= 0.6 is 64.8 Å². The predicted molar refractivity (Wildman–Crippen MR) is 352 cm³/mol. The molecular formula is C70H62N2O11S6. The second-order valence-corrected chi connectivity index (χ2v) is 29.4. The van der Waals surface area contributed by atoms with Crippen molar-refractivity contribution in [1.82, 2.24) is 0 Å². The van der Waals surface area contributed by atoms with Crippen LogP contribution in [0.4, 0.5) is 11.4 Å². The van der Waals surface area contributed by atoms with E-state index in [-0.39, 0.29) is 28.9 Å². The van der Waals surface area contributed by atoms with Crippen LogP contribution in [0.5, 0.6) is 5.75 Å². The number of hydrogen-bond donors (Lipinski definition) is 4. The van der Waals surface area contributed by atoms with Crippen LogP contribution in [-0.4, -0.2) is 63.5 Å². The van der Waals surface area contributed by atoms with Crippen molar-refractivity contribution in [1.29, 1.82) is 0 Å². The first kappa shape index (κ1) is 62.1. The highest BCUT2D eigenvalue weighted by atomic mass is 33.1. The lowest BCUT2D eigenvalue weighted by Crippen LogP contribution is -2.34. The SMILES string of the molecule is CCCCCCCCCCc1ccc(N=Nc2ccc(OCCCCCOC(=O)c3cc4cc(c3)SSc3ccc5c(c3)[C@@H]3C(C(=O)O)=C(C(=O)O)[C@H]5c5cc(ccc53)SSc3ccc5c(c3)[C@@H]3C(C(=O)O)=C(C(=O)O)[C@H]5c5cc(ccc53)SS4)cc2)cc1. The van der Waals surface area contributed by atoms with Crippen LogP contribution in [0.3, 0.4) is 0 Å². The molecule has 4 atom stereocenters. The Morgan fingerprint density at radius 3 is 1.15 bits per heavy atom. The lowest BCUT2D eigenvalue weighted by atomic mass is 9.61. The van der Waals surface area contributed by atoms with Crippen molar-refractivity contribution in [3.8, 4) is 5.75 Å². The van der Waals surface area contributed by atoms with Gasteiger partial charge in [0.1, 0.15) is 5.75 Å². The van der Waals surface area contributed by atoms with Gasteiger partial charge in [0, 0.05) is 53.0 Å². The summed E-state index contributed by atoms with van der Waals surface area (Å²) in [5.41, 5.74) is 8.30. The molecule has 9 aliphatic heterocycles. The van der Waals surface area contributed by atoms with Gasteiger partial charge in [-0.25, -0.2) is 24.0 Å². The summed E-state index contributed by atoms with van der Waals surface area (Å²) in [4.78, 5) is 71.1. The van der Waals surface area contributed by atoms with Crippen LogP contribution in [0.2, 0.25) is 0 Å². The van der Waals surface area contributed by atoms with E-state index >= 15 is 0 Å². The third-order valence-corrected chi connectivity index (χ3v) is 24.0.